The molecule has 0 aliphatic carbocycles. The van der Waals surface area contributed by atoms with Gasteiger partial charge in [-0.1, -0.05) is 6.07 Å². The fraction of sp³-hybridized carbons (Fsp3) is 0.250. The number of nitrogens with zero attached hydrogens (tertiary/aromatic N) is 3. The Kier molecular flexibility index (Phi) is 4.66. The third kappa shape index (κ3) is 3.58. The van der Waals surface area contributed by atoms with Crippen molar-refractivity contribution in [2.75, 3.05) is 18.4 Å². The van der Waals surface area contributed by atoms with Crippen molar-refractivity contribution in [3.8, 4) is 0 Å². The summed E-state index contributed by atoms with van der Waals surface area (Å²) in [6, 6.07) is 9.07. The van der Waals surface area contributed by atoms with Crippen LogP contribution in [0.2, 0.25) is 0 Å². The summed E-state index contributed by atoms with van der Waals surface area (Å²) in [4.78, 5) is 23.3. The van der Waals surface area contributed by atoms with E-state index in [1.54, 1.807) is 29.4 Å². The van der Waals surface area contributed by atoms with Crippen LogP contribution in [0.1, 0.15) is 23.2 Å². The number of nitrogens with one attached hydrogen (secondary N) is 1. The fourth-order valence-electron chi connectivity index (χ4n) is 3.44. The molecular formula is C20H18F2N4O. The van der Waals surface area contributed by atoms with E-state index in [-0.39, 0.29) is 11.9 Å². The van der Waals surface area contributed by atoms with Crippen molar-refractivity contribution in [1.29, 1.82) is 0 Å². The molecule has 7 heteroatoms. The lowest BCUT2D eigenvalue weighted by atomic mass is 10.0. The van der Waals surface area contributed by atoms with Crippen molar-refractivity contribution in [2.45, 2.75) is 18.9 Å². The predicted molar refractivity (Wildman–Crippen MR) is 98.4 cm³/mol. The van der Waals surface area contributed by atoms with Crippen molar-refractivity contribution in [3.05, 3.63) is 66.0 Å². The molecule has 0 saturated carbocycles. The number of carbonyl (C=O) groups excluding carboxylic acids is 1. The van der Waals surface area contributed by atoms with Gasteiger partial charge in [0.2, 0.25) is 0 Å². The summed E-state index contributed by atoms with van der Waals surface area (Å²) in [7, 11) is 0. The average Bonchev–Trinajstić information content (AvgIpc) is 2.70. The molecule has 1 fully saturated rings. The minimum Gasteiger partial charge on any atom is -0.380 e. The molecule has 0 unspecified atom stereocenters. The van der Waals surface area contributed by atoms with Gasteiger partial charge in [0.25, 0.3) is 5.91 Å². The highest BCUT2D eigenvalue weighted by Crippen LogP contribution is 2.22. The quantitative estimate of drug-likeness (QED) is 0.767. The van der Waals surface area contributed by atoms with Crippen molar-refractivity contribution < 1.29 is 13.6 Å². The third-order valence-electron chi connectivity index (χ3n) is 4.73. The van der Waals surface area contributed by atoms with Gasteiger partial charge in [-0.2, -0.15) is 0 Å². The van der Waals surface area contributed by atoms with Crippen LogP contribution < -0.4 is 5.32 Å². The topological polar surface area (TPSA) is 58.1 Å². The van der Waals surface area contributed by atoms with Crippen LogP contribution in [0.4, 0.5) is 14.5 Å². The molecule has 1 aliphatic rings. The molecule has 1 aromatic heterocycles. The molecule has 1 aliphatic heterocycles. The molecule has 2 heterocycles. The number of halogens is 2. The van der Waals surface area contributed by atoms with Gasteiger partial charge in [-0.05, 0) is 37.1 Å². The van der Waals surface area contributed by atoms with E-state index in [1.165, 1.54) is 6.07 Å². The van der Waals surface area contributed by atoms with Crippen molar-refractivity contribution in [2.24, 2.45) is 0 Å². The number of likely N-dealkylation sites (tertiary alicyclic amines) is 1. The first kappa shape index (κ1) is 17.3. The maximum Gasteiger partial charge on any atom is 0.256 e. The number of carbonyl (C=O) groups is 1. The standard InChI is InChI=1S/C20H18F2N4O/c21-16-7-6-13(11-17(16)22)25-14-3-2-10-26(12-14)20(27)15-4-1-5-18-19(15)24-9-8-23-18/h1,4-9,11,14,25H,2-3,10,12H2/t14-/m1/s1. The molecule has 1 saturated heterocycles. The van der Waals surface area contributed by atoms with Gasteiger partial charge in [-0.3, -0.25) is 14.8 Å². The second kappa shape index (κ2) is 7.26. The van der Waals surface area contributed by atoms with Crippen LogP contribution in [0.15, 0.2) is 48.8 Å². The zero-order chi connectivity index (χ0) is 18.8. The Morgan fingerprint density at radius 2 is 1.96 bits per heavy atom. The lowest BCUT2D eigenvalue weighted by Gasteiger charge is -2.34. The van der Waals surface area contributed by atoms with Crippen LogP contribution in [-0.2, 0) is 0 Å². The molecule has 2 aromatic carbocycles. The molecule has 4 rings (SSSR count). The third-order valence-corrected chi connectivity index (χ3v) is 4.73. The van der Waals surface area contributed by atoms with Crippen LogP contribution in [0, 0.1) is 11.6 Å². The highest BCUT2D eigenvalue weighted by atomic mass is 19.2. The molecule has 3 aromatic rings. The second-order valence-electron chi connectivity index (χ2n) is 6.59. The fourth-order valence-corrected chi connectivity index (χ4v) is 3.44. The first-order valence-electron chi connectivity index (χ1n) is 8.82. The smallest absolute Gasteiger partial charge is 0.256 e. The number of piperidine rings is 1. The summed E-state index contributed by atoms with van der Waals surface area (Å²) in [5.41, 5.74) is 2.29. The number of aromatic nitrogens is 2. The minimum atomic E-state index is -0.891. The summed E-state index contributed by atoms with van der Waals surface area (Å²) in [6.07, 6.45) is 4.84. The van der Waals surface area contributed by atoms with Crippen LogP contribution in [0.25, 0.3) is 11.0 Å². The maximum atomic E-state index is 13.4. The summed E-state index contributed by atoms with van der Waals surface area (Å²) in [6.45, 7) is 1.12. The van der Waals surface area contributed by atoms with E-state index in [9.17, 15) is 13.6 Å². The van der Waals surface area contributed by atoms with Crippen LogP contribution in [-0.4, -0.2) is 39.9 Å². The number of amides is 1. The zero-order valence-electron chi connectivity index (χ0n) is 14.5. The Morgan fingerprint density at radius 3 is 2.81 bits per heavy atom. The van der Waals surface area contributed by atoms with Gasteiger partial charge in [0, 0.05) is 43.3 Å². The molecule has 5 nitrogen and oxygen atoms in total. The molecule has 1 amide bonds. The van der Waals surface area contributed by atoms with Gasteiger partial charge in [0.1, 0.15) is 5.52 Å². The van der Waals surface area contributed by atoms with E-state index in [4.69, 9.17) is 0 Å². The van der Waals surface area contributed by atoms with Gasteiger partial charge in [0.05, 0.1) is 11.1 Å². The van der Waals surface area contributed by atoms with E-state index in [0.29, 0.717) is 35.4 Å². The van der Waals surface area contributed by atoms with E-state index in [1.807, 2.05) is 6.07 Å². The van der Waals surface area contributed by atoms with Gasteiger partial charge >= 0.3 is 0 Å². The Bertz CT molecular complexity index is 989. The van der Waals surface area contributed by atoms with E-state index < -0.39 is 11.6 Å². The SMILES string of the molecule is O=C(c1cccc2nccnc12)N1CCC[C@@H](Nc2ccc(F)c(F)c2)C1. The van der Waals surface area contributed by atoms with E-state index in [0.717, 1.165) is 25.0 Å². The van der Waals surface area contributed by atoms with Gasteiger partial charge < -0.3 is 10.2 Å². The summed E-state index contributed by atoms with van der Waals surface area (Å²) < 4.78 is 26.5. The highest BCUT2D eigenvalue weighted by Gasteiger charge is 2.26. The van der Waals surface area contributed by atoms with Crippen molar-refractivity contribution >= 4 is 22.6 Å². The van der Waals surface area contributed by atoms with Crippen molar-refractivity contribution in [3.63, 3.8) is 0 Å². The Hall–Kier alpha value is -3.09. The maximum absolute atomic E-state index is 13.4. The lowest BCUT2D eigenvalue weighted by Crippen LogP contribution is -2.45. The van der Waals surface area contributed by atoms with Crippen molar-refractivity contribution in [1.82, 2.24) is 14.9 Å². The Morgan fingerprint density at radius 1 is 1.11 bits per heavy atom. The minimum absolute atomic E-state index is 0.0337. The van der Waals surface area contributed by atoms with E-state index in [2.05, 4.69) is 15.3 Å². The number of anilines is 1. The summed E-state index contributed by atoms with van der Waals surface area (Å²) >= 11 is 0. The molecule has 1 N–H and O–H groups in total. The molecule has 0 radical (unpaired) electrons. The molecule has 0 spiro atoms. The molecule has 1 atom stereocenters. The summed E-state index contributed by atoms with van der Waals surface area (Å²) in [5.74, 6) is -1.87. The normalized spacial score (nSPS) is 17.1. The highest BCUT2D eigenvalue weighted by molar-refractivity contribution is 6.04. The molecule has 27 heavy (non-hydrogen) atoms. The number of fused-ring (bicyclic) bond motifs is 1. The molecular weight excluding hydrogens is 350 g/mol. The first-order valence-corrected chi connectivity index (χ1v) is 8.82. The van der Waals surface area contributed by atoms with Crippen LogP contribution in [0.5, 0.6) is 0 Å². The number of hydrogen-bond acceptors (Lipinski definition) is 4. The van der Waals surface area contributed by atoms with Crippen LogP contribution >= 0.6 is 0 Å². The monoisotopic (exact) mass is 368 g/mol. The summed E-state index contributed by atoms with van der Waals surface area (Å²) in [5, 5.41) is 3.19. The largest absolute Gasteiger partial charge is 0.380 e. The Balaban J connectivity index is 1.52. The second-order valence-corrected chi connectivity index (χ2v) is 6.59. The lowest BCUT2D eigenvalue weighted by molar-refractivity contribution is 0.0716. The first-order chi connectivity index (χ1) is 13.1. The molecule has 138 valence electrons. The van der Waals surface area contributed by atoms with Gasteiger partial charge in [-0.25, -0.2) is 8.78 Å². The number of hydrogen-bond donors (Lipinski definition) is 1. The Labute approximate surface area is 155 Å². The average molecular weight is 368 g/mol. The number of rotatable bonds is 3. The number of para-hydroxylation sites is 1. The van der Waals surface area contributed by atoms with Crippen LogP contribution in [0.3, 0.4) is 0 Å². The zero-order valence-corrected chi connectivity index (χ0v) is 14.5. The van der Waals surface area contributed by atoms with Gasteiger partial charge in [0.15, 0.2) is 11.6 Å². The number of benzene rings is 2. The predicted octanol–water partition coefficient (Wildman–Crippen LogP) is 3.62. The van der Waals surface area contributed by atoms with E-state index >= 15 is 0 Å². The van der Waals surface area contributed by atoms with Gasteiger partial charge in [-0.15, -0.1) is 0 Å². The molecule has 0 bridgehead atoms.